The highest BCUT2D eigenvalue weighted by Crippen LogP contribution is 2.20. The summed E-state index contributed by atoms with van der Waals surface area (Å²) >= 11 is 0. The van der Waals surface area contributed by atoms with E-state index in [9.17, 15) is 13.5 Å². The van der Waals surface area contributed by atoms with E-state index in [1.165, 1.54) is 20.0 Å². The number of nitrogens with zero attached hydrogens (tertiary/aromatic N) is 1. The highest BCUT2D eigenvalue weighted by molar-refractivity contribution is 7.89. The van der Waals surface area contributed by atoms with Gasteiger partial charge in [0.05, 0.1) is 11.0 Å². The lowest BCUT2D eigenvalue weighted by molar-refractivity contribution is 0.171. The van der Waals surface area contributed by atoms with Crippen molar-refractivity contribution in [3.8, 4) is 11.8 Å². The Labute approximate surface area is 119 Å². The SMILES string of the molecule is Cc1ccc(C#CCO)cc1S(=O)(=O)N(C)CC(C)O. The van der Waals surface area contributed by atoms with Crippen molar-refractivity contribution in [2.24, 2.45) is 0 Å². The lowest BCUT2D eigenvalue weighted by atomic mass is 10.1. The van der Waals surface area contributed by atoms with E-state index in [0.717, 1.165) is 4.31 Å². The summed E-state index contributed by atoms with van der Waals surface area (Å²) in [5.74, 6) is 5.16. The highest BCUT2D eigenvalue weighted by atomic mass is 32.2. The monoisotopic (exact) mass is 297 g/mol. The maximum Gasteiger partial charge on any atom is 0.243 e. The first kappa shape index (κ1) is 16.7. The van der Waals surface area contributed by atoms with Crippen LogP contribution in [0.1, 0.15) is 18.1 Å². The zero-order chi connectivity index (χ0) is 15.3. The van der Waals surface area contributed by atoms with E-state index >= 15 is 0 Å². The molecule has 20 heavy (non-hydrogen) atoms. The van der Waals surface area contributed by atoms with Crippen molar-refractivity contribution >= 4 is 10.0 Å². The maximum absolute atomic E-state index is 12.4. The number of aliphatic hydroxyl groups excluding tert-OH is 2. The predicted octanol–water partition coefficient (Wildman–Crippen LogP) is 0.340. The summed E-state index contributed by atoms with van der Waals surface area (Å²) in [4.78, 5) is 0.158. The Hall–Kier alpha value is -1.39. The molecule has 0 aliphatic heterocycles. The second-order valence-corrected chi connectivity index (χ2v) is 6.59. The quantitative estimate of drug-likeness (QED) is 0.786. The third-order valence-electron chi connectivity index (χ3n) is 2.71. The number of aliphatic hydroxyl groups is 2. The molecule has 110 valence electrons. The molecule has 0 saturated carbocycles. The van der Waals surface area contributed by atoms with Crippen LogP contribution in [0.3, 0.4) is 0 Å². The van der Waals surface area contributed by atoms with Crippen LogP contribution in [0.15, 0.2) is 23.1 Å². The van der Waals surface area contributed by atoms with Gasteiger partial charge in [0.25, 0.3) is 0 Å². The minimum absolute atomic E-state index is 0.0221. The van der Waals surface area contributed by atoms with Crippen LogP contribution in [0.4, 0.5) is 0 Å². The zero-order valence-corrected chi connectivity index (χ0v) is 12.6. The fraction of sp³-hybridized carbons (Fsp3) is 0.429. The van der Waals surface area contributed by atoms with Gasteiger partial charge in [0.1, 0.15) is 6.61 Å². The Morgan fingerprint density at radius 1 is 1.40 bits per heavy atom. The van der Waals surface area contributed by atoms with Gasteiger partial charge in [-0.2, -0.15) is 4.31 Å². The summed E-state index contributed by atoms with van der Waals surface area (Å²) in [5.41, 5.74) is 1.13. The minimum Gasteiger partial charge on any atom is -0.392 e. The van der Waals surface area contributed by atoms with Crippen molar-refractivity contribution in [3.63, 3.8) is 0 Å². The Bertz CT molecular complexity index is 626. The lowest BCUT2D eigenvalue weighted by Gasteiger charge is -2.20. The molecule has 0 radical (unpaired) electrons. The third-order valence-corrected chi connectivity index (χ3v) is 4.67. The molecule has 0 bridgehead atoms. The number of rotatable bonds is 4. The second kappa shape index (κ2) is 6.86. The van der Waals surface area contributed by atoms with Crippen LogP contribution in [0.2, 0.25) is 0 Å². The summed E-state index contributed by atoms with van der Waals surface area (Å²) < 4.78 is 26.0. The molecule has 0 aromatic heterocycles. The molecular weight excluding hydrogens is 278 g/mol. The summed E-state index contributed by atoms with van der Waals surface area (Å²) in [6, 6.07) is 4.85. The molecule has 0 saturated heterocycles. The molecule has 2 N–H and O–H groups in total. The highest BCUT2D eigenvalue weighted by Gasteiger charge is 2.23. The van der Waals surface area contributed by atoms with Gasteiger partial charge >= 0.3 is 0 Å². The Morgan fingerprint density at radius 2 is 2.05 bits per heavy atom. The molecule has 1 aromatic rings. The average molecular weight is 297 g/mol. The molecule has 1 unspecified atom stereocenters. The van der Waals surface area contributed by atoms with Crippen LogP contribution in [-0.4, -0.2) is 49.2 Å². The van der Waals surface area contributed by atoms with Crippen molar-refractivity contribution < 1.29 is 18.6 Å². The molecule has 0 aliphatic rings. The average Bonchev–Trinajstić information content (AvgIpc) is 2.36. The van der Waals surface area contributed by atoms with Crippen molar-refractivity contribution in [2.75, 3.05) is 20.2 Å². The molecule has 0 spiro atoms. The topological polar surface area (TPSA) is 77.8 Å². The maximum atomic E-state index is 12.4. The summed E-state index contributed by atoms with van der Waals surface area (Å²) in [7, 11) is -2.25. The van der Waals surface area contributed by atoms with Crippen molar-refractivity contribution in [3.05, 3.63) is 29.3 Å². The molecular formula is C14H19NO4S. The number of hydrogen-bond acceptors (Lipinski definition) is 4. The first-order valence-electron chi connectivity index (χ1n) is 6.14. The van der Waals surface area contributed by atoms with Gasteiger partial charge in [0.2, 0.25) is 10.0 Å². The van der Waals surface area contributed by atoms with Gasteiger partial charge in [-0.3, -0.25) is 0 Å². The Balaban J connectivity index is 3.23. The molecule has 0 fully saturated rings. The fourth-order valence-corrected chi connectivity index (χ4v) is 3.23. The van der Waals surface area contributed by atoms with Gasteiger partial charge in [-0.15, -0.1) is 0 Å². The van der Waals surface area contributed by atoms with Gasteiger partial charge in [-0.05, 0) is 31.5 Å². The first-order valence-corrected chi connectivity index (χ1v) is 7.58. The molecule has 0 heterocycles. The van der Waals surface area contributed by atoms with E-state index in [1.54, 1.807) is 19.1 Å². The lowest BCUT2D eigenvalue weighted by Crippen LogP contribution is -2.33. The summed E-state index contributed by atoms with van der Waals surface area (Å²) in [6.45, 7) is 2.97. The fourth-order valence-electron chi connectivity index (χ4n) is 1.74. The van der Waals surface area contributed by atoms with Gasteiger partial charge in [0, 0.05) is 19.2 Å². The minimum atomic E-state index is -3.67. The van der Waals surface area contributed by atoms with Crippen molar-refractivity contribution in [1.82, 2.24) is 4.31 Å². The van der Waals surface area contributed by atoms with E-state index in [1.807, 2.05) is 0 Å². The molecule has 1 rings (SSSR count). The number of sulfonamides is 1. The predicted molar refractivity (Wildman–Crippen MR) is 76.6 cm³/mol. The largest absolute Gasteiger partial charge is 0.392 e. The van der Waals surface area contributed by atoms with Crippen LogP contribution in [0.5, 0.6) is 0 Å². The standard InChI is InChI=1S/C14H19NO4S/c1-11-6-7-13(5-4-8-16)9-14(11)20(18,19)15(3)10-12(2)17/h6-7,9,12,16-17H,8,10H2,1-3H3. The Kier molecular flexibility index (Phi) is 5.72. The van der Waals surface area contributed by atoms with Gasteiger partial charge in [-0.1, -0.05) is 17.9 Å². The Morgan fingerprint density at radius 3 is 2.60 bits per heavy atom. The van der Waals surface area contributed by atoms with Crippen LogP contribution >= 0.6 is 0 Å². The smallest absolute Gasteiger partial charge is 0.243 e. The molecule has 0 aliphatic carbocycles. The van der Waals surface area contributed by atoms with Crippen molar-refractivity contribution in [2.45, 2.75) is 24.8 Å². The molecule has 6 heteroatoms. The van der Waals surface area contributed by atoms with Gasteiger partial charge in [0.15, 0.2) is 0 Å². The number of hydrogen-bond donors (Lipinski definition) is 2. The van der Waals surface area contributed by atoms with E-state index < -0.39 is 16.1 Å². The van der Waals surface area contributed by atoms with E-state index in [-0.39, 0.29) is 18.0 Å². The van der Waals surface area contributed by atoms with Crippen LogP contribution in [0.25, 0.3) is 0 Å². The van der Waals surface area contributed by atoms with E-state index in [0.29, 0.717) is 11.1 Å². The summed E-state index contributed by atoms with van der Waals surface area (Å²) in [6.07, 6.45) is -0.743. The molecule has 1 aromatic carbocycles. The molecule has 5 nitrogen and oxygen atoms in total. The third kappa shape index (κ3) is 4.05. The van der Waals surface area contributed by atoms with Gasteiger partial charge in [-0.25, -0.2) is 8.42 Å². The van der Waals surface area contributed by atoms with E-state index in [4.69, 9.17) is 5.11 Å². The first-order chi connectivity index (χ1) is 9.28. The number of likely N-dealkylation sites (N-methyl/N-ethyl adjacent to an activating group) is 1. The summed E-state index contributed by atoms with van der Waals surface area (Å²) in [5, 5.41) is 18.0. The number of benzene rings is 1. The van der Waals surface area contributed by atoms with Crippen LogP contribution in [-0.2, 0) is 10.0 Å². The normalized spacial score (nSPS) is 12.9. The molecule has 0 amide bonds. The number of aryl methyl sites for hydroxylation is 1. The van der Waals surface area contributed by atoms with E-state index in [2.05, 4.69) is 11.8 Å². The molecule has 1 atom stereocenters. The zero-order valence-electron chi connectivity index (χ0n) is 11.8. The van der Waals surface area contributed by atoms with Crippen molar-refractivity contribution in [1.29, 1.82) is 0 Å². The van der Waals surface area contributed by atoms with Crippen LogP contribution < -0.4 is 0 Å². The van der Waals surface area contributed by atoms with Gasteiger partial charge < -0.3 is 10.2 Å². The van der Waals surface area contributed by atoms with Crippen LogP contribution in [0, 0.1) is 18.8 Å². The second-order valence-electron chi connectivity index (χ2n) is 4.57.